The first-order valence-electron chi connectivity index (χ1n) is 6.27. The zero-order valence-electron chi connectivity index (χ0n) is 11.0. The molecule has 0 aliphatic heterocycles. The number of imidazole rings is 1. The van der Waals surface area contributed by atoms with Gasteiger partial charge in [-0.2, -0.15) is 5.26 Å². The van der Waals surface area contributed by atoms with Gasteiger partial charge in [-0.05, 0) is 30.7 Å². The van der Waals surface area contributed by atoms with Gasteiger partial charge >= 0.3 is 0 Å². The highest BCUT2D eigenvalue weighted by Gasteiger charge is 2.15. The number of para-hydroxylation sites is 2. The second-order valence-corrected chi connectivity index (χ2v) is 4.55. The average Bonchev–Trinajstić information content (AvgIpc) is 2.80. The molecule has 0 amide bonds. The van der Waals surface area contributed by atoms with Crippen molar-refractivity contribution >= 4 is 16.7 Å². The second-order valence-electron chi connectivity index (χ2n) is 4.55. The quantitative estimate of drug-likeness (QED) is 0.769. The number of nitriles is 1. The van der Waals surface area contributed by atoms with Crippen LogP contribution in [0.15, 0.2) is 36.5 Å². The van der Waals surface area contributed by atoms with Crippen LogP contribution in [0.1, 0.15) is 11.4 Å². The maximum Gasteiger partial charge on any atom is 0.162 e. The van der Waals surface area contributed by atoms with Crippen molar-refractivity contribution in [3.8, 4) is 11.9 Å². The first kappa shape index (κ1) is 12.2. The first-order valence-corrected chi connectivity index (χ1v) is 6.27. The van der Waals surface area contributed by atoms with E-state index in [9.17, 15) is 0 Å². The van der Waals surface area contributed by atoms with Gasteiger partial charge in [-0.1, -0.05) is 12.1 Å². The van der Waals surface area contributed by atoms with Gasteiger partial charge in [0.25, 0.3) is 0 Å². The minimum Gasteiger partial charge on any atom is -0.395 e. The number of nitrogens with zero attached hydrogens (tertiary/aromatic N) is 4. The van der Waals surface area contributed by atoms with E-state index in [0.717, 1.165) is 16.6 Å². The van der Waals surface area contributed by atoms with Gasteiger partial charge in [-0.15, -0.1) is 0 Å². The molecule has 0 atom stereocenters. The minimum atomic E-state index is 0.212. The molecule has 0 saturated heterocycles. The van der Waals surface area contributed by atoms with Crippen molar-refractivity contribution < 1.29 is 0 Å². The Kier molecular flexibility index (Phi) is 2.84. The minimum absolute atomic E-state index is 0.212. The standard InChI is InChI=1S/C15H13N5/c1-10-7-9-18-15(14(10)17)20-12-5-3-2-4-11(12)19-13(20)6-8-16/h2-5,7,9H,6,17H2,1H3. The predicted octanol–water partition coefficient (Wildman–Crippen LogP) is 2.38. The van der Waals surface area contributed by atoms with Gasteiger partial charge < -0.3 is 5.73 Å². The monoisotopic (exact) mass is 263 g/mol. The van der Waals surface area contributed by atoms with Crippen molar-refractivity contribution in [3.05, 3.63) is 47.9 Å². The number of anilines is 1. The summed E-state index contributed by atoms with van der Waals surface area (Å²) in [5.41, 5.74) is 9.44. The molecule has 2 N–H and O–H groups in total. The van der Waals surface area contributed by atoms with Crippen LogP contribution >= 0.6 is 0 Å². The second kappa shape index (κ2) is 4.67. The normalized spacial score (nSPS) is 10.6. The molecule has 5 nitrogen and oxygen atoms in total. The molecule has 0 bridgehead atoms. The summed E-state index contributed by atoms with van der Waals surface area (Å²) in [6, 6.07) is 11.7. The number of fused-ring (bicyclic) bond motifs is 1. The molecule has 0 fully saturated rings. The number of aromatic nitrogens is 3. The van der Waals surface area contributed by atoms with Crippen LogP contribution in [0.25, 0.3) is 16.9 Å². The van der Waals surface area contributed by atoms with Crippen LogP contribution in [0.3, 0.4) is 0 Å². The van der Waals surface area contributed by atoms with Crippen LogP contribution in [0.2, 0.25) is 0 Å². The number of rotatable bonds is 2. The fourth-order valence-corrected chi connectivity index (χ4v) is 2.24. The van der Waals surface area contributed by atoms with Crippen molar-refractivity contribution in [1.29, 1.82) is 5.26 Å². The van der Waals surface area contributed by atoms with Crippen molar-refractivity contribution in [2.24, 2.45) is 0 Å². The molecule has 3 rings (SSSR count). The van der Waals surface area contributed by atoms with Gasteiger partial charge in [-0.25, -0.2) is 9.97 Å². The summed E-state index contributed by atoms with van der Waals surface area (Å²) in [6.45, 7) is 1.93. The molecule has 0 unspecified atom stereocenters. The highest BCUT2D eigenvalue weighted by molar-refractivity contribution is 5.79. The van der Waals surface area contributed by atoms with Crippen LogP contribution in [-0.4, -0.2) is 14.5 Å². The predicted molar refractivity (Wildman–Crippen MR) is 77.3 cm³/mol. The van der Waals surface area contributed by atoms with Gasteiger partial charge in [-0.3, -0.25) is 4.57 Å². The molecule has 0 radical (unpaired) electrons. The third-order valence-electron chi connectivity index (χ3n) is 3.27. The lowest BCUT2D eigenvalue weighted by Crippen LogP contribution is -2.07. The number of hydrogen-bond donors (Lipinski definition) is 1. The molecule has 0 spiro atoms. The molecule has 3 aromatic rings. The van der Waals surface area contributed by atoms with E-state index >= 15 is 0 Å². The van der Waals surface area contributed by atoms with E-state index in [4.69, 9.17) is 11.0 Å². The Morgan fingerprint density at radius 2 is 2.10 bits per heavy atom. The van der Waals surface area contributed by atoms with E-state index in [-0.39, 0.29) is 6.42 Å². The molecule has 98 valence electrons. The molecular formula is C15H13N5. The maximum atomic E-state index is 8.99. The summed E-state index contributed by atoms with van der Waals surface area (Å²) in [4.78, 5) is 8.86. The molecule has 1 aromatic carbocycles. The topological polar surface area (TPSA) is 80.5 Å². The number of hydrogen-bond acceptors (Lipinski definition) is 4. The Hall–Kier alpha value is -2.87. The number of aryl methyl sites for hydroxylation is 1. The maximum absolute atomic E-state index is 8.99. The summed E-state index contributed by atoms with van der Waals surface area (Å²) in [7, 11) is 0. The van der Waals surface area contributed by atoms with Crippen molar-refractivity contribution in [2.75, 3.05) is 5.73 Å². The third-order valence-corrected chi connectivity index (χ3v) is 3.27. The molecule has 0 aliphatic rings. The van der Waals surface area contributed by atoms with E-state index in [2.05, 4.69) is 16.0 Å². The van der Waals surface area contributed by atoms with Gasteiger partial charge in [0.15, 0.2) is 5.82 Å². The highest BCUT2D eigenvalue weighted by atomic mass is 15.1. The van der Waals surface area contributed by atoms with Crippen LogP contribution in [-0.2, 0) is 6.42 Å². The fraction of sp³-hybridized carbons (Fsp3) is 0.133. The Morgan fingerprint density at radius 1 is 1.30 bits per heavy atom. The van der Waals surface area contributed by atoms with E-state index < -0.39 is 0 Å². The van der Waals surface area contributed by atoms with Crippen LogP contribution < -0.4 is 5.73 Å². The van der Waals surface area contributed by atoms with E-state index in [1.54, 1.807) is 6.20 Å². The summed E-state index contributed by atoms with van der Waals surface area (Å²) in [5.74, 6) is 1.28. The largest absolute Gasteiger partial charge is 0.395 e. The van der Waals surface area contributed by atoms with Crippen molar-refractivity contribution in [2.45, 2.75) is 13.3 Å². The van der Waals surface area contributed by atoms with Crippen LogP contribution in [0, 0.1) is 18.3 Å². The summed E-state index contributed by atoms with van der Waals surface area (Å²) >= 11 is 0. The molecule has 0 saturated carbocycles. The fourth-order valence-electron chi connectivity index (χ4n) is 2.24. The molecular weight excluding hydrogens is 250 g/mol. The Bertz CT molecular complexity index is 826. The summed E-state index contributed by atoms with van der Waals surface area (Å²) < 4.78 is 1.86. The number of nitrogens with two attached hydrogens (primary N) is 1. The Morgan fingerprint density at radius 3 is 2.90 bits per heavy atom. The van der Waals surface area contributed by atoms with Crippen molar-refractivity contribution in [3.63, 3.8) is 0 Å². The first-order chi connectivity index (χ1) is 9.72. The van der Waals surface area contributed by atoms with E-state index in [1.165, 1.54) is 0 Å². The SMILES string of the molecule is Cc1ccnc(-n2c(CC#N)nc3ccccc32)c1N. The summed E-state index contributed by atoms with van der Waals surface area (Å²) in [5, 5.41) is 8.99. The van der Waals surface area contributed by atoms with Crippen molar-refractivity contribution in [1.82, 2.24) is 14.5 Å². The lowest BCUT2D eigenvalue weighted by molar-refractivity contribution is 0.922. The Balaban J connectivity index is 2.37. The lowest BCUT2D eigenvalue weighted by Gasteiger charge is -2.11. The molecule has 0 aliphatic carbocycles. The Labute approximate surface area is 116 Å². The third kappa shape index (κ3) is 1.79. The van der Waals surface area contributed by atoms with Gasteiger partial charge in [0, 0.05) is 6.20 Å². The molecule has 5 heteroatoms. The number of nitrogen functional groups attached to an aromatic ring is 1. The number of benzene rings is 1. The average molecular weight is 263 g/mol. The molecule has 20 heavy (non-hydrogen) atoms. The van der Waals surface area contributed by atoms with Gasteiger partial charge in [0.2, 0.25) is 0 Å². The van der Waals surface area contributed by atoms with E-state index in [1.807, 2.05) is 41.8 Å². The van der Waals surface area contributed by atoms with Gasteiger partial charge in [0.1, 0.15) is 5.82 Å². The van der Waals surface area contributed by atoms with Gasteiger partial charge in [0.05, 0.1) is 29.2 Å². The zero-order chi connectivity index (χ0) is 14.1. The van der Waals surface area contributed by atoms with Crippen LogP contribution in [0.5, 0.6) is 0 Å². The zero-order valence-corrected chi connectivity index (χ0v) is 11.0. The highest BCUT2D eigenvalue weighted by Crippen LogP contribution is 2.25. The summed E-state index contributed by atoms with van der Waals surface area (Å²) in [6.07, 6.45) is 1.93. The van der Waals surface area contributed by atoms with E-state index in [0.29, 0.717) is 17.3 Å². The van der Waals surface area contributed by atoms with Crippen LogP contribution in [0.4, 0.5) is 5.69 Å². The lowest BCUT2D eigenvalue weighted by atomic mass is 10.2. The molecule has 2 heterocycles. The molecule has 2 aromatic heterocycles. The number of pyridine rings is 1. The smallest absolute Gasteiger partial charge is 0.162 e.